The quantitative estimate of drug-likeness (QED) is 0.162. The minimum atomic E-state index is 0.870. The maximum absolute atomic E-state index is 6.43. The first-order chi connectivity index (χ1) is 30.7. The van der Waals surface area contributed by atoms with Crippen LogP contribution in [0.2, 0.25) is 0 Å². The molecular weight excluding hydrogens is 755 g/mol. The van der Waals surface area contributed by atoms with Gasteiger partial charge in [-0.15, -0.1) is 0 Å². The molecule has 4 nitrogen and oxygen atoms in total. The monoisotopic (exact) mass is 789 g/mol. The van der Waals surface area contributed by atoms with E-state index in [-0.39, 0.29) is 0 Å². The Morgan fingerprint density at radius 1 is 0.306 bits per heavy atom. The Bertz CT molecular complexity index is 4120. The van der Waals surface area contributed by atoms with Gasteiger partial charge in [0.1, 0.15) is 11.2 Å². The van der Waals surface area contributed by atoms with E-state index in [1.165, 1.54) is 76.5 Å². The molecule has 0 saturated heterocycles. The second kappa shape index (κ2) is 12.6. The Morgan fingerprint density at radius 2 is 0.855 bits per heavy atom. The molecule has 0 unspecified atom stereocenters. The molecule has 14 aromatic rings. The van der Waals surface area contributed by atoms with Crippen LogP contribution in [0.15, 0.2) is 217 Å². The normalized spacial score (nSPS) is 12.2. The van der Waals surface area contributed by atoms with Crippen molar-refractivity contribution in [1.82, 2.24) is 8.80 Å². The lowest BCUT2D eigenvalue weighted by molar-refractivity contribution is 0.669. The van der Waals surface area contributed by atoms with E-state index in [9.17, 15) is 0 Å². The van der Waals surface area contributed by atoms with Gasteiger partial charge in [-0.2, -0.15) is 0 Å². The molecule has 0 radical (unpaired) electrons. The molecule has 4 heterocycles. The van der Waals surface area contributed by atoms with Crippen LogP contribution in [-0.2, 0) is 0 Å². The fourth-order valence-electron chi connectivity index (χ4n) is 10.5. The number of nitrogens with zero attached hydrogens (tertiary/aromatic N) is 3. The molecule has 4 aromatic heterocycles. The van der Waals surface area contributed by atoms with E-state index in [0.29, 0.717) is 0 Å². The van der Waals surface area contributed by atoms with Crippen LogP contribution < -0.4 is 4.90 Å². The van der Waals surface area contributed by atoms with E-state index in [1.807, 2.05) is 12.1 Å². The van der Waals surface area contributed by atoms with Crippen LogP contribution in [0.25, 0.3) is 110 Å². The molecule has 4 heteroatoms. The highest BCUT2D eigenvalue weighted by Crippen LogP contribution is 2.45. The van der Waals surface area contributed by atoms with Gasteiger partial charge in [-0.05, 0) is 94.4 Å². The maximum Gasteiger partial charge on any atom is 0.137 e. The second-order valence-electron chi connectivity index (χ2n) is 16.5. The van der Waals surface area contributed by atoms with Gasteiger partial charge in [-0.25, -0.2) is 0 Å². The molecule has 10 aromatic carbocycles. The summed E-state index contributed by atoms with van der Waals surface area (Å²) in [6.07, 6.45) is 0. The third kappa shape index (κ3) is 4.66. The summed E-state index contributed by atoms with van der Waals surface area (Å²) >= 11 is 0. The fraction of sp³-hybridized carbons (Fsp3) is 0. The molecule has 0 atom stereocenters. The first-order valence-corrected chi connectivity index (χ1v) is 21.3. The summed E-state index contributed by atoms with van der Waals surface area (Å²) in [5.74, 6) is 0. The number of benzene rings is 10. The van der Waals surface area contributed by atoms with E-state index in [2.05, 4.69) is 214 Å². The Morgan fingerprint density at radius 3 is 1.63 bits per heavy atom. The van der Waals surface area contributed by atoms with Crippen LogP contribution in [0, 0.1) is 0 Å². The third-order valence-corrected chi connectivity index (χ3v) is 13.2. The first kappa shape index (κ1) is 33.5. The summed E-state index contributed by atoms with van der Waals surface area (Å²) in [6.45, 7) is 0. The van der Waals surface area contributed by atoms with Crippen molar-refractivity contribution in [2.45, 2.75) is 0 Å². The number of rotatable bonds is 5. The third-order valence-electron chi connectivity index (χ3n) is 13.2. The predicted octanol–water partition coefficient (Wildman–Crippen LogP) is 16.1. The topological polar surface area (TPSA) is 25.2 Å². The van der Waals surface area contributed by atoms with Crippen molar-refractivity contribution in [2.75, 3.05) is 4.90 Å². The number of para-hydroxylation sites is 3. The summed E-state index contributed by atoms with van der Waals surface area (Å²) in [7, 11) is 0. The minimum Gasteiger partial charge on any atom is -0.456 e. The predicted molar refractivity (Wildman–Crippen MR) is 260 cm³/mol. The average molecular weight is 790 g/mol. The Kier molecular flexibility index (Phi) is 6.80. The van der Waals surface area contributed by atoms with Crippen LogP contribution in [0.1, 0.15) is 0 Å². The molecule has 0 bridgehead atoms. The van der Waals surface area contributed by atoms with Gasteiger partial charge in [-0.3, -0.25) is 0 Å². The molecule has 0 amide bonds. The average Bonchev–Trinajstić information content (AvgIpc) is 4.00. The smallest absolute Gasteiger partial charge is 0.137 e. The lowest BCUT2D eigenvalue weighted by Crippen LogP contribution is -2.10. The molecule has 0 fully saturated rings. The number of hydrogen-bond acceptors (Lipinski definition) is 2. The zero-order chi connectivity index (χ0) is 40.5. The van der Waals surface area contributed by atoms with Crippen molar-refractivity contribution >= 4 is 104 Å². The van der Waals surface area contributed by atoms with Crippen LogP contribution >= 0.6 is 0 Å². The molecule has 62 heavy (non-hydrogen) atoms. The summed E-state index contributed by atoms with van der Waals surface area (Å²) in [6, 6.07) is 77.3. The molecule has 0 spiro atoms. The molecule has 0 aliphatic heterocycles. The van der Waals surface area contributed by atoms with Gasteiger partial charge in [0, 0.05) is 55.1 Å². The van der Waals surface area contributed by atoms with E-state index in [0.717, 1.165) is 50.1 Å². The van der Waals surface area contributed by atoms with E-state index < -0.39 is 0 Å². The van der Waals surface area contributed by atoms with Gasteiger partial charge in [0.25, 0.3) is 0 Å². The summed E-state index contributed by atoms with van der Waals surface area (Å²) in [5.41, 5.74) is 17.0. The number of anilines is 3. The highest BCUT2D eigenvalue weighted by Gasteiger charge is 2.22. The number of hydrogen-bond donors (Lipinski definition) is 0. The van der Waals surface area contributed by atoms with Crippen LogP contribution in [0.3, 0.4) is 0 Å². The maximum atomic E-state index is 6.43. The standard InChI is InChI=1S/C58H35N3O/c1-2-18-43-36(12-1)13-11-24-50(43)59(42-27-28-47-46-21-5-8-25-55(46)62-56(47)35-42)41-17-10-16-39(33-41)37-14-9-15-38(32-37)40-26-31-53-54(34-40)61-52-23-7-4-20-45(52)49-30-29-48-44-19-3-6-22-51(44)60(53)57(48)58(49)61/h1-35H. The first-order valence-electron chi connectivity index (χ1n) is 21.3. The van der Waals surface area contributed by atoms with Crippen molar-refractivity contribution in [3.05, 3.63) is 212 Å². The van der Waals surface area contributed by atoms with Crippen molar-refractivity contribution in [3.63, 3.8) is 0 Å². The van der Waals surface area contributed by atoms with Crippen LogP contribution in [0.5, 0.6) is 0 Å². The summed E-state index contributed by atoms with van der Waals surface area (Å²) < 4.78 is 11.4. The molecule has 14 rings (SSSR count). The molecule has 0 aliphatic rings. The molecular formula is C58H35N3O. The van der Waals surface area contributed by atoms with Gasteiger partial charge < -0.3 is 18.1 Å². The molecule has 0 saturated carbocycles. The van der Waals surface area contributed by atoms with E-state index >= 15 is 0 Å². The number of fused-ring (bicyclic) bond motifs is 13. The minimum absolute atomic E-state index is 0.870. The number of furan rings is 1. The summed E-state index contributed by atoms with van der Waals surface area (Å²) in [4.78, 5) is 2.37. The Labute approximate surface area is 355 Å². The Balaban J connectivity index is 0.940. The van der Waals surface area contributed by atoms with Gasteiger partial charge in [-0.1, -0.05) is 140 Å². The van der Waals surface area contributed by atoms with Gasteiger partial charge in [0.15, 0.2) is 0 Å². The fourth-order valence-corrected chi connectivity index (χ4v) is 10.5. The van der Waals surface area contributed by atoms with Crippen molar-refractivity contribution in [1.29, 1.82) is 0 Å². The highest BCUT2D eigenvalue weighted by molar-refractivity contribution is 6.25. The Hall–Kier alpha value is -8.34. The van der Waals surface area contributed by atoms with Crippen molar-refractivity contribution in [2.24, 2.45) is 0 Å². The van der Waals surface area contributed by atoms with Crippen LogP contribution in [-0.4, -0.2) is 8.80 Å². The van der Waals surface area contributed by atoms with E-state index in [4.69, 9.17) is 4.42 Å². The van der Waals surface area contributed by atoms with Crippen molar-refractivity contribution < 1.29 is 4.42 Å². The van der Waals surface area contributed by atoms with Crippen molar-refractivity contribution in [3.8, 4) is 22.3 Å². The highest BCUT2D eigenvalue weighted by atomic mass is 16.3. The molecule has 0 N–H and O–H groups in total. The lowest BCUT2D eigenvalue weighted by atomic mass is 9.98. The lowest BCUT2D eigenvalue weighted by Gasteiger charge is -2.27. The number of aromatic nitrogens is 2. The van der Waals surface area contributed by atoms with Gasteiger partial charge in [0.05, 0.1) is 38.8 Å². The SMILES string of the molecule is c1cc(-c2cccc(N(c3ccc4c(c3)oc3ccccc34)c3cccc4ccccc34)c2)cc(-c2ccc3c(c2)n2c4ccccc4c4ccc5c6ccccc6n3c5c42)c1. The zero-order valence-electron chi connectivity index (χ0n) is 33.5. The van der Waals surface area contributed by atoms with Gasteiger partial charge >= 0.3 is 0 Å². The molecule has 288 valence electrons. The molecule has 0 aliphatic carbocycles. The zero-order valence-corrected chi connectivity index (χ0v) is 33.5. The largest absolute Gasteiger partial charge is 0.456 e. The summed E-state index contributed by atoms with van der Waals surface area (Å²) in [5, 5.41) is 9.74. The van der Waals surface area contributed by atoms with E-state index in [1.54, 1.807) is 0 Å². The second-order valence-corrected chi connectivity index (χ2v) is 16.5. The van der Waals surface area contributed by atoms with Gasteiger partial charge in [0.2, 0.25) is 0 Å². The van der Waals surface area contributed by atoms with Crippen LogP contribution in [0.4, 0.5) is 17.1 Å².